The van der Waals surface area contributed by atoms with E-state index in [2.05, 4.69) is 21.5 Å². The van der Waals surface area contributed by atoms with Crippen LogP contribution in [0.25, 0.3) is 5.69 Å². The molecule has 29 heavy (non-hydrogen) atoms. The first kappa shape index (κ1) is 18.6. The molecule has 0 aliphatic heterocycles. The second kappa shape index (κ2) is 8.09. The largest absolute Gasteiger partial charge is 0.298 e. The van der Waals surface area contributed by atoms with Gasteiger partial charge in [-0.1, -0.05) is 12.1 Å². The third-order valence-electron chi connectivity index (χ3n) is 4.34. The van der Waals surface area contributed by atoms with E-state index in [0.29, 0.717) is 22.7 Å². The van der Waals surface area contributed by atoms with Crippen molar-refractivity contribution in [1.29, 1.82) is 5.26 Å². The molecule has 0 aliphatic carbocycles. The Hall–Kier alpha value is -3.76. The Kier molecular flexibility index (Phi) is 5.18. The van der Waals surface area contributed by atoms with Gasteiger partial charge in [0.2, 0.25) is 0 Å². The zero-order valence-corrected chi connectivity index (χ0v) is 16.5. The number of thiazole rings is 1. The fourth-order valence-electron chi connectivity index (χ4n) is 2.83. The number of anilines is 1. The van der Waals surface area contributed by atoms with Crippen LogP contribution >= 0.6 is 11.3 Å². The third kappa shape index (κ3) is 4.39. The minimum atomic E-state index is -0.201. The van der Waals surface area contributed by atoms with Crippen LogP contribution in [0.15, 0.2) is 67.1 Å². The highest BCUT2D eigenvalue weighted by molar-refractivity contribution is 7.15. The number of aromatic nitrogens is 3. The van der Waals surface area contributed by atoms with Crippen LogP contribution in [0.5, 0.6) is 0 Å². The maximum Gasteiger partial charge on any atom is 0.257 e. The summed E-state index contributed by atoms with van der Waals surface area (Å²) in [6.07, 6.45) is 6.19. The molecular weight excluding hydrogens is 382 g/mol. The van der Waals surface area contributed by atoms with Crippen molar-refractivity contribution >= 4 is 22.4 Å². The third-order valence-corrected chi connectivity index (χ3v) is 5.25. The molecule has 0 radical (unpaired) electrons. The van der Waals surface area contributed by atoms with Gasteiger partial charge >= 0.3 is 0 Å². The zero-order chi connectivity index (χ0) is 20.2. The number of nitrogens with zero attached hydrogens (tertiary/aromatic N) is 4. The van der Waals surface area contributed by atoms with Crippen molar-refractivity contribution < 1.29 is 4.79 Å². The number of nitriles is 1. The number of amides is 1. The van der Waals surface area contributed by atoms with Crippen LogP contribution in [0.1, 0.15) is 31.9 Å². The first-order chi connectivity index (χ1) is 14.1. The Labute approximate surface area is 172 Å². The van der Waals surface area contributed by atoms with Gasteiger partial charge in [-0.2, -0.15) is 10.4 Å². The molecule has 0 unspecified atom stereocenters. The van der Waals surface area contributed by atoms with Gasteiger partial charge in [0.05, 0.1) is 23.5 Å². The molecule has 0 aliphatic rings. The fourth-order valence-corrected chi connectivity index (χ4v) is 3.68. The molecule has 2 heterocycles. The predicted octanol–water partition coefficient (Wildman–Crippen LogP) is 4.35. The van der Waals surface area contributed by atoms with E-state index in [1.165, 1.54) is 11.3 Å². The van der Waals surface area contributed by atoms with Gasteiger partial charge in [0.1, 0.15) is 0 Å². The lowest BCUT2D eigenvalue weighted by molar-refractivity contribution is 0.102. The van der Waals surface area contributed by atoms with Gasteiger partial charge in [0.25, 0.3) is 5.91 Å². The van der Waals surface area contributed by atoms with Crippen LogP contribution in [0, 0.1) is 18.3 Å². The number of hydrogen-bond acceptors (Lipinski definition) is 5. The van der Waals surface area contributed by atoms with E-state index < -0.39 is 0 Å². The van der Waals surface area contributed by atoms with Gasteiger partial charge in [-0.25, -0.2) is 9.67 Å². The van der Waals surface area contributed by atoms with E-state index in [9.17, 15) is 4.79 Å². The normalized spacial score (nSPS) is 10.5. The zero-order valence-electron chi connectivity index (χ0n) is 15.7. The van der Waals surface area contributed by atoms with Gasteiger partial charge in [-0.15, -0.1) is 11.3 Å². The number of aryl methyl sites for hydroxylation is 1. The number of nitrogens with one attached hydrogen (secondary N) is 1. The Morgan fingerprint density at radius 3 is 2.55 bits per heavy atom. The second-order valence-corrected chi connectivity index (χ2v) is 7.70. The topological polar surface area (TPSA) is 83.6 Å². The Morgan fingerprint density at radius 2 is 1.90 bits per heavy atom. The van der Waals surface area contributed by atoms with Gasteiger partial charge in [-0.3, -0.25) is 10.1 Å². The van der Waals surface area contributed by atoms with Crippen LogP contribution in [0.3, 0.4) is 0 Å². The number of carbonyl (C=O) groups is 1. The first-order valence-corrected chi connectivity index (χ1v) is 9.79. The van der Waals surface area contributed by atoms with Gasteiger partial charge in [-0.05, 0) is 54.4 Å². The van der Waals surface area contributed by atoms with Gasteiger partial charge in [0.15, 0.2) is 5.13 Å². The lowest BCUT2D eigenvalue weighted by atomic mass is 10.1. The molecule has 0 spiro atoms. The van der Waals surface area contributed by atoms with Crippen LogP contribution in [0.2, 0.25) is 0 Å². The summed E-state index contributed by atoms with van der Waals surface area (Å²) in [6.45, 7) is 1.98. The first-order valence-electron chi connectivity index (χ1n) is 8.97. The molecule has 0 saturated carbocycles. The van der Waals surface area contributed by atoms with Crippen LogP contribution in [-0.4, -0.2) is 20.7 Å². The molecule has 142 valence electrons. The average Bonchev–Trinajstić information content (AvgIpc) is 3.37. The van der Waals surface area contributed by atoms with E-state index in [4.69, 9.17) is 5.26 Å². The summed E-state index contributed by atoms with van der Waals surface area (Å²) in [5, 5.41) is 16.5. The van der Waals surface area contributed by atoms with Crippen molar-refractivity contribution in [3.8, 4) is 11.8 Å². The van der Waals surface area contributed by atoms with Crippen molar-refractivity contribution in [2.75, 3.05) is 5.32 Å². The highest BCUT2D eigenvalue weighted by Crippen LogP contribution is 2.22. The Morgan fingerprint density at radius 1 is 1.14 bits per heavy atom. The molecule has 0 bridgehead atoms. The lowest BCUT2D eigenvalue weighted by Crippen LogP contribution is -2.11. The molecule has 1 N–H and O–H groups in total. The van der Waals surface area contributed by atoms with E-state index in [-0.39, 0.29) is 5.91 Å². The van der Waals surface area contributed by atoms with E-state index >= 15 is 0 Å². The van der Waals surface area contributed by atoms with E-state index in [1.807, 2.05) is 37.4 Å². The summed E-state index contributed by atoms with van der Waals surface area (Å²) < 4.78 is 1.77. The number of benzene rings is 2. The van der Waals surface area contributed by atoms with Crippen molar-refractivity contribution in [1.82, 2.24) is 14.8 Å². The van der Waals surface area contributed by atoms with Crippen molar-refractivity contribution in [2.24, 2.45) is 0 Å². The molecule has 2 aromatic heterocycles. The fraction of sp³-hybridized carbons (Fsp3) is 0.0909. The highest BCUT2D eigenvalue weighted by Gasteiger charge is 2.10. The maximum absolute atomic E-state index is 12.5. The molecule has 1 amide bonds. The monoisotopic (exact) mass is 399 g/mol. The number of carbonyl (C=O) groups excluding carboxylic acids is 1. The molecule has 7 heteroatoms. The SMILES string of the molecule is Cc1cnn(-c2ccc(C(=O)Nc3ncc(Cc4ccc(C#N)cc4)s3)cc2)c1. The average molecular weight is 399 g/mol. The van der Waals surface area contributed by atoms with Crippen molar-refractivity contribution in [3.05, 3.63) is 94.3 Å². The number of rotatable bonds is 5. The summed E-state index contributed by atoms with van der Waals surface area (Å²) in [5.74, 6) is -0.201. The molecule has 4 aromatic rings. The summed E-state index contributed by atoms with van der Waals surface area (Å²) in [4.78, 5) is 17.8. The molecule has 0 atom stereocenters. The van der Waals surface area contributed by atoms with Gasteiger partial charge < -0.3 is 0 Å². The van der Waals surface area contributed by atoms with E-state index in [0.717, 1.165) is 21.7 Å². The molecule has 2 aromatic carbocycles. The second-order valence-electron chi connectivity index (χ2n) is 6.58. The predicted molar refractivity (Wildman–Crippen MR) is 112 cm³/mol. The van der Waals surface area contributed by atoms with E-state index in [1.54, 1.807) is 41.3 Å². The van der Waals surface area contributed by atoms with Crippen LogP contribution in [-0.2, 0) is 6.42 Å². The Bertz CT molecular complexity index is 1180. The minimum Gasteiger partial charge on any atom is -0.298 e. The summed E-state index contributed by atoms with van der Waals surface area (Å²) in [6, 6.07) is 16.8. The summed E-state index contributed by atoms with van der Waals surface area (Å²) in [5.41, 5.74) is 4.26. The molecule has 0 fully saturated rings. The summed E-state index contributed by atoms with van der Waals surface area (Å²) in [7, 11) is 0. The maximum atomic E-state index is 12.5. The molecule has 0 saturated heterocycles. The number of hydrogen-bond donors (Lipinski definition) is 1. The minimum absolute atomic E-state index is 0.201. The standard InChI is InChI=1S/C22H17N5OS/c1-15-12-25-27(14-15)19-8-6-18(7-9-19)21(28)26-22-24-13-20(29-22)10-16-2-4-17(11-23)5-3-16/h2-9,12-14H,10H2,1H3,(H,24,26,28). The lowest BCUT2D eigenvalue weighted by Gasteiger charge is -2.04. The van der Waals surface area contributed by atoms with Crippen molar-refractivity contribution in [2.45, 2.75) is 13.3 Å². The smallest absolute Gasteiger partial charge is 0.257 e. The van der Waals surface area contributed by atoms with Crippen LogP contribution in [0.4, 0.5) is 5.13 Å². The summed E-state index contributed by atoms with van der Waals surface area (Å²) >= 11 is 1.44. The molecule has 4 rings (SSSR count). The molecule has 6 nitrogen and oxygen atoms in total. The highest BCUT2D eigenvalue weighted by atomic mass is 32.1. The molecular formula is C22H17N5OS. The quantitative estimate of drug-likeness (QED) is 0.541. The van der Waals surface area contributed by atoms with Crippen molar-refractivity contribution in [3.63, 3.8) is 0 Å². The van der Waals surface area contributed by atoms with Gasteiger partial charge in [0, 0.05) is 29.3 Å². The van der Waals surface area contributed by atoms with Crippen LogP contribution < -0.4 is 5.32 Å². The Balaban J connectivity index is 1.40.